The summed E-state index contributed by atoms with van der Waals surface area (Å²) in [5.74, 6) is 1.48. The summed E-state index contributed by atoms with van der Waals surface area (Å²) in [6.07, 6.45) is 1.78. The Bertz CT molecular complexity index is 721. The lowest BCUT2D eigenvalue weighted by Crippen LogP contribution is -2.23. The molecule has 108 valence electrons. The SMILES string of the molecule is CCN(Cc1ccccc1)c1nc(NC)nc2[nH]ncc12. The third-order valence-electron chi connectivity index (χ3n) is 3.41. The van der Waals surface area contributed by atoms with Gasteiger partial charge >= 0.3 is 0 Å². The standard InChI is InChI=1S/C15H18N6/c1-3-21(10-11-7-5-4-6-8-11)14-12-9-17-20-13(12)18-15(16-2)19-14/h4-9H,3,10H2,1-2H3,(H2,16,17,18,19,20). The van der Waals surface area contributed by atoms with Crippen LogP contribution in [0.25, 0.3) is 11.0 Å². The van der Waals surface area contributed by atoms with Crippen molar-refractivity contribution in [2.75, 3.05) is 23.8 Å². The van der Waals surface area contributed by atoms with Gasteiger partial charge in [0.25, 0.3) is 0 Å². The molecule has 6 heteroatoms. The Labute approximate surface area is 123 Å². The summed E-state index contributed by atoms with van der Waals surface area (Å²) in [5, 5.41) is 10.9. The predicted octanol–water partition coefficient (Wildman–Crippen LogP) is 2.42. The molecule has 1 aromatic carbocycles. The molecule has 0 atom stereocenters. The molecule has 0 saturated heterocycles. The van der Waals surface area contributed by atoms with Crippen molar-refractivity contribution < 1.29 is 0 Å². The third kappa shape index (κ3) is 2.65. The number of aromatic nitrogens is 4. The molecule has 0 amide bonds. The number of anilines is 2. The fraction of sp³-hybridized carbons (Fsp3) is 0.267. The number of rotatable bonds is 5. The van der Waals surface area contributed by atoms with Crippen molar-refractivity contribution in [1.29, 1.82) is 0 Å². The van der Waals surface area contributed by atoms with E-state index in [1.165, 1.54) is 5.56 Å². The van der Waals surface area contributed by atoms with Crippen molar-refractivity contribution in [1.82, 2.24) is 20.2 Å². The van der Waals surface area contributed by atoms with Crippen LogP contribution in [0.15, 0.2) is 36.5 Å². The van der Waals surface area contributed by atoms with Gasteiger partial charge in [0.1, 0.15) is 5.82 Å². The number of benzene rings is 1. The summed E-state index contributed by atoms with van der Waals surface area (Å²) >= 11 is 0. The monoisotopic (exact) mass is 282 g/mol. The zero-order valence-corrected chi connectivity index (χ0v) is 12.2. The van der Waals surface area contributed by atoms with Crippen LogP contribution in [0.2, 0.25) is 0 Å². The minimum Gasteiger partial charge on any atom is -0.357 e. The van der Waals surface area contributed by atoms with E-state index >= 15 is 0 Å². The second-order valence-corrected chi connectivity index (χ2v) is 4.75. The fourth-order valence-corrected chi connectivity index (χ4v) is 2.31. The predicted molar refractivity (Wildman–Crippen MR) is 84.4 cm³/mol. The Hall–Kier alpha value is -2.63. The Morgan fingerprint density at radius 1 is 1.19 bits per heavy atom. The molecule has 0 aliphatic rings. The van der Waals surface area contributed by atoms with Crippen LogP contribution in [0.4, 0.5) is 11.8 Å². The van der Waals surface area contributed by atoms with Gasteiger partial charge in [-0.1, -0.05) is 30.3 Å². The van der Waals surface area contributed by atoms with Crippen molar-refractivity contribution in [3.63, 3.8) is 0 Å². The second-order valence-electron chi connectivity index (χ2n) is 4.75. The minimum absolute atomic E-state index is 0.591. The summed E-state index contributed by atoms with van der Waals surface area (Å²) in [4.78, 5) is 11.2. The van der Waals surface area contributed by atoms with Crippen molar-refractivity contribution in [3.05, 3.63) is 42.1 Å². The van der Waals surface area contributed by atoms with Gasteiger partial charge in [-0.15, -0.1) is 0 Å². The van der Waals surface area contributed by atoms with Gasteiger partial charge in [0.05, 0.1) is 11.6 Å². The van der Waals surface area contributed by atoms with Crippen LogP contribution in [-0.4, -0.2) is 33.8 Å². The number of nitrogens with one attached hydrogen (secondary N) is 2. The van der Waals surface area contributed by atoms with E-state index in [9.17, 15) is 0 Å². The van der Waals surface area contributed by atoms with Gasteiger partial charge in [-0.3, -0.25) is 5.10 Å². The van der Waals surface area contributed by atoms with E-state index in [1.807, 2.05) is 13.1 Å². The molecule has 0 unspecified atom stereocenters. The highest BCUT2D eigenvalue weighted by atomic mass is 15.3. The third-order valence-corrected chi connectivity index (χ3v) is 3.41. The van der Waals surface area contributed by atoms with Crippen LogP contribution in [0.5, 0.6) is 0 Å². The first-order chi connectivity index (χ1) is 10.3. The normalized spacial score (nSPS) is 10.8. The average Bonchev–Trinajstić information content (AvgIpc) is 3.01. The second kappa shape index (κ2) is 5.78. The van der Waals surface area contributed by atoms with Crippen molar-refractivity contribution in [2.24, 2.45) is 0 Å². The van der Waals surface area contributed by atoms with E-state index < -0.39 is 0 Å². The largest absolute Gasteiger partial charge is 0.357 e. The van der Waals surface area contributed by atoms with E-state index in [2.05, 4.69) is 61.6 Å². The molecule has 21 heavy (non-hydrogen) atoms. The quantitative estimate of drug-likeness (QED) is 0.752. The van der Waals surface area contributed by atoms with Gasteiger partial charge in [0, 0.05) is 20.1 Å². The zero-order chi connectivity index (χ0) is 14.7. The smallest absolute Gasteiger partial charge is 0.226 e. The lowest BCUT2D eigenvalue weighted by atomic mass is 10.2. The number of hydrogen-bond donors (Lipinski definition) is 2. The van der Waals surface area contributed by atoms with Crippen molar-refractivity contribution >= 4 is 22.8 Å². The van der Waals surface area contributed by atoms with Crippen LogP contribution in [0.3, 0.4) is 0 Å². The van der Waals surface area contributed by atoms with Gasteiger partial charge in [-0.05, 0) is 12.5 Å². The van der Waals surface area contributed by atoms with Crippen molar-refractivity contribution in [3.8, 4) is 0 Å². The summed E-state index contributed by atoms with van der Waals surface area (Å²) in [6, 6.07) is 10.4. The summed E-state index contributed by atoms with van der Waals surface area (Å²) < 4.78 is 0. The fourth-order valence-electron chi connectivity index (χ4n) is 2.31. The van der Waals surface area contributed by atoms with Crippen LogP contribution >= 0.6 is 0 Å². The summed E-state index contributed by atoms with van der Waals surface area (Å²) in [5.41, 5.74) is 2.00. The molecule has 2 aromatic heterocycles. The average molecular weight is 282 g/mol. The first kappa shape index (κ1) is 13.4. The minimum atomic E-state index is 0.591. The number of nitrogens with zero attached hydrogens (tertiary/aromatic N) is 4. The van der Waals surface area contributed by atoms with Crippen LogP contribution in [0.1, 0.15) is 12.5 Å². The first-order valence-electron chi connectivity index (χ1n) is 6.99. The molecule has 3 rings (SSSR count). The van der Waals surface area contributed by atoms with Gasteiger partial charge in [-0.25, -0.2) is 0 Å². The molecule has 0 fully saturated rings. The Kier molecular flexibility index (Phi) is 3.68. The zero-order valence-electron chi connectivity index (χ0n) is 12.2. The molecule has 6 nitrogen and oxygen atoms in total. The maximum Gasteiger partial charge on any atom is 0.226 e. The maximum atomic E-state index is 4.60. The molecule has 0 aliphatic carbocycles. The van der Waals surface area contributed by atoms with Gasteiger partial charge in [-0.2, -0.15) is 15.1 Å². The molecule has 0 spiro atoms. The van der Waals surface area contributed by atoms with E-state index in [1.54, 1.807) is 6.20 Å². The highest BCUT2D eigenvalue weighted by Gasteiger charge is 2.14. The number of fused-ring (bicyclic) bond motifs is 1. The van der Waals surface area contributed by atoms with Crippen LogP contribution in [0, 0.1) is 0 Å². The lowest BCUT2D eigenvalue weighted by molar-refractivity contribution is 0.817. The van der Waals surface area contributed by atoms with Crippen LogP contribution < -0.4 is 10.2 Å². The molecule has 2 heterocycles. The molecule has 2 N–H and O–H groups in total. The van der Waals surface area contributed by atoms with E-state index in [0.29, 0.717) is 5.95 Å². The van der Waals surface area contributed by atoms with Gasteiger partial charge < -0.3 is 10.2 Å². The number of H-pyrrole nitrogens is 1. The molecular formula is C15H18N6. The number of hydrogen-bond acceptors (Lipinski definition) is 5. The molecule has 0 radical (unpaired) electrons. The molecule has 0 saturated carbocycles. The number of aromatic amines is 1. The Morgan fingerprint density at radius 3 is 2.71 bits per heavy atom. The van der Waals surface area contributed by atoms with E-state index in [4.69, 9.17) is 0 Å². The summed E-state index contributed by atoms with van der Waals surface area (Å²) in [6.45, 7) is 3.78. The molecule has 0 aliphatic heterocycles. The van der Waals surface area contributed by atoms with E-state index in [-0.39, 0.29) is 0 Å². The van der Waals surface area contributed by atoms with Gasteiger partial charge in [0.15, 0.2) is 5.65 Å². The van der Waals surface area contributed by atoms with E-state index in [0.717, 1.165) is 29.9 Å². The molecular weight excluding hydrogens is 264 g/mol. The Balaban J connectivity index is 2.01. The highest BCUT2D eigenvalue weighted by Crippen LogP contribution is 2.25. The van der Waals surface area contributed by atoms with Crippen molar-refractivity contribution in [2.45, 2.75) is 13.5 Å². The summed E-state index contributed by atoms with van der Waals surface area (Å²) in [7, 11) is 1.81. The maximum absolute atomic E-state index is 4.60. The highest BCUT2D eigenvalue weighted by molar-refractivity contribution is 5.87. The first-order valence-corrected chi connectivity index (χ1v) is 6.99. The molecule has 3 aromatic rings. The van der Waals surface area contributed by atoms with Gasteiger partial charge in [0.2, 0.25) is 5.95 Å². The lowest BCUT2D eigenvalue weighted by Gasteiger charge is -2.23. The molecule has 0 bridgehead atoms. The van der Waals surface area contributed by atoms with Crippen LogP contribution in [-0.2, 0) is 6.54 Å². The Morgan fingerprint density at radius 2 is 2.00 bits per heavy atom. The topological polar surface area (TPSA) is 69.7 Å².